The molecule has 5 heteroatoms. The van der Waals surface area contributed by atoms with Gasteiger partial charge in [0.1, 0.15) is 11.9 Å². The van der Waals surface area contributed by atoms with Crippen LogP contribution >= 0.6 is 28.6 Å². The van der Waals surface area contributed by atoms with Gasteiger partial charge in [-0.25, -0.2) is 4.39 Å². The Morgan fingerprint density at radius 2 is 2.07 bits per heavy atom. The van der Waals surface area contributed by atoms with Gasteiger partial charge in [-0.3, -0.25) is 0 Å². The van der Waals surface area contributed by atoms with E-state index in [1.165, 1.54) is 18.2 Å². The summed E-state index contributed by atoms with van der Waals surface area (Å²) in [7, 11) is 0. The fourth-order valence-corrected chi connectivity index (χ4v) is 1.61. The third kappa shape index (κ3) is 2.70. The molecule has 0 fully saturated rings. The second kappa shape index (κ2) is 5.11. The second-order valence-corrected chi connectivity index (χ2v) is 4.09. The molecule has 0 bridgehead atoms. The van der Waals surface area contributed by atoms with Crippen LogP contribution in [0.2, 0.25) is 0 Å². The molecule has 2 unspecified atom stereocenters. The monoisotopic (exact) mass is 280 g/mol. The number of aliphatic hydroxyl groups excluding tert-OH is 2. The molecule has 0 aliphatic heterocycles. The van der Waals surface area contributed by atoms with Crippen LogP contribution in [0.3, 0.4) is 0 Å². The highest BCUT2D eigenvalue weighted by atomic mass is 79.9. The van der Waals surface area contributed by atoms with Crippen molar-refractivity contribution < 1.29 is 14.6 Å². The molecule has 0 amide bonds. The average molecular weight is 281 g/mol. The first kappa shape index (κ1) is 12.0. The number of hydrogen-bond donors (Lipinski definition) is 3. The Kier molecular flexibility index (Phi) is 4.37. The van der Waals surface area contributed by atoms with E-state index in [0.717, 1.165) is 0 Å². The van der Waals surface area contributed by atoms with Crippen LogP contribution in [0, 0.1) is 5.82 Å². The van der Waals surface area contributed by atoms with Gasteiger partial charge in [0.2, 0.25) is 0 Å². The number of aliphatic hydroxyl groups is 2. The summed E-state index contributed by atoms with van der Waals surface area (Å²) in [4.78, 5) is 0. The van der Waals surface area contributed by atoms with Gasteiger partial charge in [-0.2, -0.15) is 12.6 Å². The summed E-state index contributed by atoms with van der Waals surface area (Å²) in [5, 5.41) is 18.9. The molecule has 0 heterocycles. The van der Waals surface area contributed by atoms with Crippen molar-refractivity contribution in [3.05, 3.63) is 34.1 Å². The highest BCUT2D eigenvalue weighted by Gasteiger charge is 2.17. The fourth-order valence-electron chi connectivity index (χ4n) is 1.02. The van der Waals surface area contributed by atoms with E-state index in [0.29, 0.717) is 5.56 Å². The van der Waals surface area contributed by atoms with E-state index in [1.807, 2.05) is 0 Å². The van der Waals surface area contributed by atoms with Crippen molar-refractivity contribution in [1.29, 1.82) is 0 Å². The van der Waals surface area contributed by atoms with Gasteiger partial charge in [-0.1, -0.05) is 6.07 Å². The van der Waals surface area contributed by atoms with E-state index < -0.39 is 18.0 Å². The van der Waals surface area contributed by atoms with Crippen LogP contribution in [-0.2, 0) is 0 Å². The van der Waals surface area contributed by atoms with E-state index in [1.54, 1.807) is 0 Å². The molecule has 1 aromatic rings. The zero-order valence-electron chi connectivity index (χ0n) is 7.19. The van der Waals surface area contributed by atoms with Crippen LogP contribution in [0.5, 0.6) is 0 Å². The minimum absolute atomic E-state index is 0.149. The lowest BCUT2D eigenvalue weighted by atomic mass is 10.1. The van der Waals surface area contributed by atoms with Crippen LogP contribution in [0.15, 0.2) is 22.7 Å². The summed E-state index contributed by atoms with van der Waals surface area (Å²) in [6.45, 7) is 0. The summed E-state index contributed by atoms with van der Waals surface area (Å²) in [5.41, 5.74) is 0.458. The van der Waals surface area contributed by atoms with Crippen LogP contribution in [0.1, 0.15) is 11.7 Å². The molecule has 14 heavy (non-hydrogen) atoms. The summed E-state index contributed by atoms with van der Waals surface area (Å²) >= 11 is 6.85. The van der Waals surface area contributed by atoms with E-state index in [9.17, 15) is 14.6 Å². The van der Waals surface area contributed by atoms with E-state index >= 15 is 0 Å². The van der Waals surface area contributed by atoms with Gasteiger partial charge in [0, 0.05) is 5.75 Å². The Balaban J connectivity index is 2.91. The topological polar surface area (TPSA) is 40.5 Å². The molecule has 1 rings (SSSR count). The van der Waals surface area contributed by atoms with Gasteiger partial charge < -0.3 is 10.2 Å². The molecule has 1 aromatic carbocycles. The first-order valence-electron chi connectivity index (χ1n) is 3.98. The van der Waals surface area contributed by atoms with E-state index in [2.05, 4.69) is 28.6 Å². The third-order valence-corrected chi connectivity index (χ3v) is 2.82. The summed E-state index contributed by atoms with van der Waals surface area (Å²) in [5.74, 6) is -0.253. The maximum atomic E-state index is 12.8. The van der Waals surface area contributed by atoms with Crippen molar-refractivity contribution in [2.45, 2.75) is 12.2 Å². The third-order valence-electron chi connectivity index (χ3n) is 1.84. The van der Waals surface area contributed by atoms with Crippen molar-refractivity contribution in [2.24, 2.45) is 0 Å². The number of rotatable bonds is 3. The normalized spacial score (nSPS) is 15.2. The largest absolute Gasteiger partial charge is 0.389 e. The molecule has 0 radical (unpaired) electrons. The van der Waals surface area contributed by atoms with Crippen molar-refractivity contribution in [3.63, 3.8) is 0 Å². The lowest BCUT2D eigenvalue weighted by Crippen LogP contribution is -2.19. The minimum atomic E-state index is -1.04. The SMILES string of the molecule is OC(CS)C(O)c1ccc(F)c(Br)c1. The standard InChI is InChI=1S/C9H10BrFO2S/c10-6-3-5(1-2-7(6)11)9(13)8(12)4-14/h1-3,8-9,12-14H,4H2. The van der Waals surface area contributed by atoms with Crippen molar-refractivity contribution in [3.8, 4) is 0 Å². The first-order chi connectivity index (χ1) is 6.56. The predicted molar refractivity (Wildman–Crippen MR) is 58.9 cm³/mol. The predicted octanol–water partition coefficient (Wildman–Crippen LogP) is 1.91. The number of thiol groups is 1. The van der Waals surface area contributed by atoms with Crippen molar-refractivity contribution in [2.75, 3.05) is 5.75 Å². The van der Waals surface area contributed by atoms with Crippen LogP contribution in [0.4, 0.5) is 4.39 Å². The van der Waals surface area contributed by atoms with Gasteiger partial charge in [-0.05, 0) is 33.6 Å². The maximum Gasteiger partial charge on any atom is 0.137 e. The molecule has 0 saturated carbocycles. The number of halogens is 2. The Labute approximate surface area is 95.3 Å². The molecular weight excluding hydrogens is 271 g/mol. The molecule has 0 spiro atoms. The average Bonchev–Trinajstić information content (AvgIpc) is 2.20. The van der Waals surface area contributed by atoms with Gasteiger partial charge >= 0.3 is 0 Å². The van der Waals surface area contributed by atoms with Crippen LogP contribution in [-0.4, -0.2) is 22.1 Å². The molecular formula is C9H10BrFO2S. The number of benzene rings is 1. The summed E-state index contributed by atoms with van der Waals surface area (Å²) in [6.07, 6.45) is -1.99. The minimum Gasteiger partial charge on any atom is -0.389 e. The van der Waals surface area contributed by atoms with Gasteiger partial charge in [0.25, 0.3) is 0 Å². The van der Waals surface area contributed by atoms with E-state index in [-0.39, 0.29) is 10.2 Å². The highest BCUT2D eigenvalue weighted by Crippen LogP contribution is 2.23. The second-order valence-electron chi connectivity index (χ2n) is 2.87. The molecule has 0 aliphatic rings. The molecule has 2 N–H and O–H groups in total. The quantitative estimate of drug-likeness (QED) is 0.741. The first-order valence-corrected chi connectivity index (χ1v) is 5.40. The lowest BCUT2D eigenvalue weighted by Gasteiger charge is -2.16. The fraction of sp³-hybridized carbons (Fsp3) is 0.333. The van der Waals surface area contributed by atoms with Gasteiger partial charge in [0.05, 0.1) is 10.6 Å². The molecule has 78 valence electrons. The van der Waals surface area contributed by atoms with Gasteiger partial charge in [-0.15, -0.1) is 0 Å². The van der Waals surface area contributed by atoms with E-state index in [4.69, 9.17) is 0 Å². The molecule has 0 saturated heterocycles. The lowest BCUT2D eigenvalue weighted by molar-refractivity contribution is 0.0337. The molecule has 0 aromatic heterocycles. The Morgan fingerprint density at radius 3 is 2.57 bits per heavy atom. The molecule has 0 aliphatic carbocycles. The smallest absolute Gasteiger partial charge is 0.137 e. The zero-order valence-corrected chi connectivity index (χ0v) is 9.67. The Morgan fingerprint density at radius 1 is 1.43 bits per heavy atom. The van der Waals surface area contributed by atoms with Crippen molar-refractivity contribution in [1.82, 2.24) is 0 Å². The number of hydrogen-bond acceptors (Lipinski definition) is 3. The van der Waals surface area contributed by atoms with Gasteiger partial charge in [0.15, 0.2) is 0 Å². The van der Waals surface area contributed by atoms with Crippen molar-refractivity contribution >= 4 is 28.6 Å². The maximum absolute atomic E-state index is 12.8. The highest BCUT2D eigenvalue weighted by molar-refractivity contribution is 9.10. The molecule has 2 nitrogen and oxygen atoms in total. The van der Waals surface area contributed by atoms with Crippen LogP contribution in [0.25, 0.3) is 0 Å². The van der Waals surface area contributed by atoms with Crippen LogP contribution < -0.4 is 0 Å². The molecule has 2 atom stereocenters. The summed E-state index contributed by atoms with van der Waals surface area (Å²) in [6, 6.07) is 4.10. The zero-order chi connectivity index (χ0) is 10.7. The Hall–Kier alpha value is -0.100. The Bertz CT molecular complexity index is 322. The summed E-state index contributed by atoms with van der Waals surface area (Å²) < 4.78 is 13.1.